The van der Waals surface area contributed by atoms with Crippen LogP contribution < -0.4 is 10.3 Å². The minimum atomic E-state index is -0.158. The molecular weight excluding hydrogens is 392 g/mol. The highest BCUT2D eigenvalue weighted by Crippen LogP contribution is 2.27. The first kappa shape index (κ1) is 20.8. The first-order chi connectivity index (χ1) is 15.1. The fourth-order valence-corrected chi connectivity index (χ4v) is 3.94. The number of benzene rings is 1. The number of rotatable bonds is 6. The third-order valence-corrected chi connectivity index (χ3v) is 5.76. The summed E-state index contributed by atoms with van der Waals surface area (Å²) in [5.74, 6) is 1.82. The van der Waals surface area contributed by atoms with Crippen LogP contribution in [-0.2, 0) is 11.2 Å². The van der Waals surface area contributed by atoms with Crippen molar-refractivity contribution in [2.75, 3.05) is 20.2 Å². The molecule has 0 radical (unpaired) electrons. The molecule has 3 aromatic rings. The number of pyridine rings is 1. The van der Waals surface area contributed by atoms with E-state index in [1.807, 2.05) is 41.3 Å². The van der Waals surface area contributed by atoms with Crippen LogP contribution in [0.1, 0.15) is 36.6 Å². The molecule has 1 fully saturated rings. The van der Waals surface area contributed by atoms with Crippen LogP contribution >= 0.6 is 0 Å². The van der Waals surface area contributed by atoms with Crippen LogP contribution in [0.25, 0.3) is 11.3 Å². The third-order valence-electron chi connectivity index (χ3n) is 5.76. The average Bonchev–Trinajstić information content (AvgIpc) is 2.83. The molecule has 1 saturated heterocycles. The van der Waals surface area contributed by atoms with E-state index in [4.69, 9.17) is 9.72 Å². The fourth-order valence-electron chi connectivity index (χ4n) is 3.94. The predicted octanol–water partition coefficient (Wildman–Crippen LogP) is 3.18. The number of carbonyl (C=O) groups excluding carboxylic acids is 1. The van der Waals surface area contributed by atoms with Gasteiger partial charge >= 0.3 is 0 Å². The summed E-state index contributed by atoms with van der Waals surface area (Å²) in [7, 11) is 1.64. The van der Waals surface area contributed by atoms with Crippen molar-refractivity contribution in [3.05, 3.63) is 76.6 Å². The molecular formula is C24H26N4O3. The second-order valence-electron chi connectivity index (χ2n) is 7.75. The Morgan fingerprint density at radius 1 is 1.13 bits per heavy atom. The lowest BCUT2D eigenvalue weighted by molar-refractivity contribution is -0.132. The van der Waals surface area contributed by atoms with E-state index in [1.54, 1.807) is 19.5 Å². The molecule has 0 spiro atoms. The Morgan fingerprint density at radius 2 is 1.84 bits per heavy atom. The lowest BCUT2D eigenvalue weighted by Gasteiger charge is -2.31. The number of carbonyl (C=O) groups is 1. The highest BCUT2D eigenvalue weighted by molar-refractivity contribution is 5.76. The molecule has 1 N–H and O–H groups in total. The second kappa shape index (κ2) is 9.55. The van der Waals surface area contributed by atoms with Gasteiger partial charge in [0.05, 0.1) is 12.8 Å². The number of aromatic amines is 1. The Bertz CT molecular complexity index is 1070. The molecule has 160 valence electrons. The third kappa shape index (κ3) is 5.17. The largest absolute Gasteiger partial charge is 0.497 e. The number of aryl methyl sites for hydroxylation is 1. The molecule has 2 aromatic heterocycles. The van der Waals surface area contributed by atoms with Gasteiger partial charge in [-0.1, -0.05) is 12.1 Å². The summed E-state index contributed by atoms with van der Waals surface area (Å²) in [5, 5.41) is 0. The van der Waals surface area contributed by atoms with Crippen molar-refractivity contribution in [3.63, 3.8) is 0 Å². The molecule has 0 atom stereocenters. The Labute approximate surface area is 181 Å². The molecule has 7 nitrogen and oxygen atoms in total. The minimum absolute atomic E-state index is 0.139. The number of aromatic nitrogens is 3. The van der Waals surface area contributed by atoms with Gasteiger partial charge in [-0.15, -0.1) is 0 Å². The number of piperidine rings is 1. The number of amides is 1. The van der Waals surface area contributed by atoms with Crippen molar-refractivity contribution < 1.29 is 9.53 Å². The van der Waals surface area contributed by atoms with Crippen LogP contribution in [0.4, 0.5) is 0 Å². The Kier molecular flexibility index (Phi) is 6.40. The van der Waals surface area contributed by atoms with Crippen molar-refractivity contribution in [2.45, 2.75) is 31.6 Å². The topological polar surface area (TPSA) is 88.2 Å². The molecule has 7 heteroatoms. The standard InChI is InChI=1S/C24H26N4O3/c1-31-20-5-2-17(3-6-20)4-7-23(30)28-14-10-19(11-15-28)24-26-21(16-22(29)27-24)18-8-12-25-13-9-18/h2-3,5-6,8-9,12-13,16,19H,4,7,10-11,14-15H2,1H3,(H,26,27,29). The van der Waals surface area contributed by atoms with Gasteiger partial charge in [-0.2, -0.15) is 0 Å². The molecule has 0 saturated carbocycles. The Balaban J connectivity index is 1.34. The number of hydrogen-bond donors (Lipinski definition) is 1. The fraction of sp³-hybridized carbons (Fsp3) is 0.333. The van der Waals surface area contributed by atoms with E-state index in [0.717, 1.165) is 29.7 Å². The maximum atomic E-state index is 12.7. The zero-order valence-corrected chi connectivity index (χ0v) is 17.6. The summed E-state index contributed by atoms with van der Waals surface area (Å²) >= 11 is 0. The highest BCUT2D eigenvalue weighted by Gasteiger charge is 2.25. The van der Waals surface area contributed by atoms with Gasteiger partial charge in [0.15, 0.2) is 0 Å². The Hall–Kier alpha value is -3.48. The number of nitrogens with zero attached hydrogens (tertiary/aromatic N) is 3. The molecule has 1 aliphatic rings. The van der Waals surface area contributed by atoms with Gasteiger partial charge in [0.2, 0.25) is 5.91 Å². The summed E-state index contributed by atoms with van der Waals surface area (Å²) in [6.07, 6.45) is 6.16. The van der Waals surface area contributed by atoms with Crippen molar-refractivity contribution in [1.29, 1.82) is 0 Å². The van der Waals surface area contributed by atoms with Gasteiger partial charge in [-0.25, -0.2) is 4.98 Å². The quantitative estimate of drug-likeness (QED) is 0.664. The highest BCUT2D eigenvalue weighted by atomic mass is 16.5. The van der Waals surface area contributed by atoms with Gasteiger partial charge in [0, 0.05) is 49.5 Å². The SMILES string of the molecule is COc1ccc(CCC(=O)N2CCC(c3nc(-c4ccncc4)cc(=O)[nH]3)CC2)cc1. The lowest BCUT2D eigenvalue weighted by Crippen LogP contribution is -2.38. The van der Waals surface area contributed by atoms with Crippen LogP contribution in [0.5, 0.6) is 5.75 Å². The number of methoxy groups -OCH3 is 1. The molecule has 3 heterocycles. The van der Waals surface area contributed by atoms with Gasteiger partial charge in [0.1, 0.15) is 11.6 Å². The van der Waals surface area contributed by atoms with E-state index in [9.17, 15) is 9.59 Å². The van der Waals surface area contributed by atoms with Crippen molar-refractivity contribution in [1.82, 2.24) is 19.9 Å². The zero-order chi connectivity index (χ0) is 21.6. The van der Waals surface area contributed by atoms with E-state index in [0.29, 0.717) is 37.4 Å². The number of ether oxygens (including phenoxy) is 1. The van der Waals surface area contributed by atoms with Crippen LogP contribution in [0, 0.1) is 0 Å². The molecule has 1 aliphatic heterocycles. The maximum Gasteiger partial charge on any atom is 0.251 e. The molecule has 0 aliphatic carbocycles. The minimum Gasteiger partial charge on any atom is -0.497 e. The summed E-state index contributed by atoms with van der Waals surface area (Å²) < 4.78 is 5.17. The van der Waals surface area contributed by atoms with E-state index < -0.39 is 0 Å². The number of H-pyrrole nitrogens is 1. The molecule has 0 unspecified atom stereocenters. The lowest BCUT2D eigenvalue weighted by atomic mass is 9.95. The monoisotopic (exact) mass is 418 g/mol. The Morgan fingerprint density at radius 3 is 2.52 bits per heavy atom. The van der Waals surface area contributed by atoms with E-state index in [-0.39, 0.29) is 17.4 Å². The molecule has 1 aromatic carbocycles. The van der Waals surface area contributed by atoms with Crippen LogP contribution in [0.2, 0.25) is 0 Å². The van der Waals surface area contributed by atoms with E-state index in [2.05, 4.69) is 9.97 Å². The van der Waals surface area contributed by atoms with Gasteiger partial charge in [0.25, 0.3) is 5.56 Å². The number of nitrogens with one attached hydrogen (secondary N) is 1. The van der Waals surface area contributed by atoms with Crippen molar-refractivity contribution >= 4 is 5.91 Å². The van der Waals surface area contributed by atoms with Crippen molar-refractivity contribution in [3.8, 4) is 17.0 Å². The molecule has 4 rings (SSSR count). The number of likely N-dealkylation sites (tertiary alicyclic amines) is 1. The predicted molar refractivity (Wildman–Crippen MR) is 118 cm³/mol. The molecule has 0 bridgehead atoms. The first-order valence-corrected chi connectivity index (χ1v) is 10.5. The van der Waals surface area contributed by atoms with Crippen LogP contribution in [-0.4, -0.2) is 46.0 Å². The molecule has 31 heavy (non-hydrogen) atoms. The van der Waals surface area contributed by atoms with Crippen molar-refractivity contribution in [2.24, 2.45) is 0 Å². The summed E-state index contributed by atoms with van der Waals surface area (Å²) in [4.78, 5) is 38.3. The van der Waals surface area contributed by atoms with Crippen LogP contribution in [0.15, 0.2) is 59.7 Å². The summed E-state index contributed by atoms with van der Waals surface area (Å²) in [6.45, 7) is 1.35. The molecule has 1 amide bonds. The second-order valence-corrected chi connectivity index (χ2v) is 7.75. The van der Waals surface area contributed by atoms with Gasteiger partial charge in [-0.05, 0) is 49.1 Å². The van der Waals surface area contributed by atoms with E-state index in [1.165, 1.54) is 6.07 Å². The summed E-state index contributed by atoms with van der Waals surface area (Å²) in [6, 6.07) is 13.0. The van der Waals surface area contributed by atoms with Gasteiger partial charge < -0.3 is 14.6 Å². The maximum absolute atomic E-state index is 12.7. The summed E-state index contributed by atoms with van der Waals surface area (Å²) in [5.41, 5.74) is 2.49. The van der Waals surface area contributed by atoms with Crippen LogP contribution in [0.3, 0.4) is 0 Å². The zero-order valence-electron chi connectivity index (χ0n) is 17.6. The van der Waals surface area contributed by atoms with E-state index >= 15 is 0 Å². The average molecular weight is 418 g/mol. The normalized spacial score (nSPS) is 14.4. The first-order valence-electron chi connectivity index (χ1n) is 10.5. The van der Waals surface area contributed by atoms with Gasteiger partial charge in [-0.3, -0.25) is 14.6 Å². The number of hydrogen-bond acceptors (Lipinski definition) is 5. The smallest absolute Gasteiger partial charge is 0.251 e.